The Labute approximate surface area is 431 Å². The lowest BCUT2D eigenvalue weighted by molar-refractivity contribution is -0.392. The predicted octanol–water partition coefficient (Wildman–Crippen LogP) is -1.89. The molecule has 5 aliphatic heterocycles. The Bertz CT molecular complexity index is 2020. The molecule has 10 aliphatic rings. The van der Waals surface area contributed by atoms with E-state index in [-0.39, 0.29) is 39.4 Å². The van der Waals surface area contributed by atoms with Crippen molar-refractivity contribution in [3.05, 3.63) is 0 Å². The number of aliphatic hydroxyl groups excluding tert-OH is 12. The lowest BCUT2D eigenvalue weighted by Gasteiger charge is -2.75. The van der Waals surface area contributed by atoms with Gasteiger partial charge in [-0.1, -0.05) is 41.5 Å². The molecule has 5 heterocycles. The minimum atomic E-state index is -1.89. The lowest BCUT2D eigenvalue weighted by Crippen LogP contribution is -2.74. The van der Waals surface area contributed by atoms with Crippen LogP contribution in [0.25, 0.3) is 0 Å². The first-order chi connectivity index (χ1) is 34.8. The van der Waals surface area contributed by atoms with Gasteiger partial charge in [-0.3, -0.25) is 0 Å². The summed E-state index contributed by atoms with van der Waals surface area (Å²) >= 11 is 0. The van der Waals surface area contributed by atoms with Crippen molar-refractivity contribution in [1.82, 2.24) is 0 Å². The summed E-state index contributed by atoms with van der Waals surface area (Å²) in [4.78, 5) is 12.6. The summed E-state index contributed by atoms with van der Waals surface area (Å²) in [6, 6.07) is 0. The Morgan fingerprint density at radius 2 is 1.18 bits per heavy atom. The SMILES string of the molecule is CC1(C)[C@H]2CC[C@@]3(C)[C@@H](CC[C@@]45OC[C@]6(CC[C@@](C)(C=O)C[C@@H]64)[C@@H](O)C[C@]35C)[C@]2(C)CC[C@H]1O[C@H]1OC[C@@H](O[C@H]2O[C@@H](CO)[C@H](O)[C@@H](O)[C@@H]2O[C@H]2OC[C@H](O)[C@@H](O)[C@@H]2O)[C@@H](O)[C@@H]1O[C@H]1O[C@@H](CO)[C@H](O)[C@@H](O)[C@@H]1O. The van der Waals surface area contributed by atoms with Crippen LogP contribution in [0.4, 0.5) is 0 Å². The van der Waals surface area contributed by atoms with Crippen LogP contribution in [0.3, 0.4) is 0 Å². The van der Waals surface area contributed by atoms with E-state index in [1.807, 2.05) is 0 Å². The molecule has 0 radical (unpaired) electrons. The van der Waals surface area contributed by atoms with E-state index < -0.39 is 166 Å². The van der Waals surface area contributed by atoms with Gasteiger partial charge in [0.2, 0.25) is 0 Å². The zero-order valence-electron chi connectivity index (χ0n) is 43.4. The van der Waals surface area contributed by atoms with E-state index >= 15 is 0 Å². The first-order valence-corrected chi connectivity index (χ1v) is 27.1. The van der Waals surface area contributed by atoms with Crippen LogP contribution in [0.15, 0.2) is 0 Å². The number of aldehydes is 1. The maximum atomic E-state index is 12.6. The summed E-state index contributed by atoms with van der Waals surface area (Å²) in [5.41, 5.74) is -2.57. The van der Waals surface area contributed by atoms with Gasteiger partial charge in [0, 0.05) is 16.2 Å². The van der Waals surface area contributed by atoms with Gasteiger partial charge in [0.05, 0.1) is 50.8 Å². The average Bonchev–Trinajstić information content (AvgIpc) is 3.65. The van der Waals surface area contributed by atoms with Crippen LogP contribution in [0.1, 0.15) is 106 Å². The van der Waals surface area contributed by atoms with Gasteiger partial charge >= 0.3 is 0 Å². The summed E-state index contributed by atoms with van der Waals surface area (Å²) in [6.45, 7) is 11.7. The van der Waals surface area contributed by atoms with E-state index in [0.717, 1.165) is 51.2 Å². The Kier molecular flexibility index (Phi) is 15.0. The Hall–Kier alpha value is -1.17. The molecule has 5 saturated carbocycles. The zero-order valence-corrected chi connectivity index (χ0v) is 43.4. The Balaban J connectivity index is 0.901. The van der Waals surface area contributed by atoms with E-state index in [4.69, 9.17) is 42.6 Å². The standard InChI is InChI=1S/C52H84O22/c1-46(2)27-7-11-49(5)28(8-12-52-29-15-47(3,21-55)13-14-51(29,22-68-52)30(57)16-50(49,52)6)48(27,4)10-9-31(46)72-44-40(74-43-39(65)36(62)33(59)24(17-53)69-43)35(61)26(20-67-44)71-45-41(37(63)34(60)25(18-54)70-45)73-42-38(64)32(58)23(56)19-66-42/h21,23-45,53-54,56-65H,7-20,22H2,1-6H3/t23-,24-,25-,26+,27+,28-,29-,30-,31+,32+,33-,34-,35+,36+,37+,38-,39-,40-,41-,42+,43+,44+,45+,47+,48+,49-,50+,51-,52+/m0/s1. The van der Waals surface area contributed by atoms with Crippen molar-refractivity contribution in [1.29, 1.82) is 0 Å². The largest absolute Gasteiger partial charge is 0.394 e. The molecular formula is C52H84O22. The Morgan fingerprint density at radius 3 is 1.86 bits per heavy atom. The molecule has 10 fully saturated rings. The third kappa shape index (κ3) is 8.31. The third-order valence-electron chi connectivity index (χ3n) is 22.0. The van der Waals surface area contributed by atoms with Crippen LogP contribution in [-0.2, 0) is 47.4 Å². The number of ether oxygens (including phenoxy) is 9. The van der Waals surface area contributed by atoms with Crippen LogP contribution in [0.2, 0.25) is 0 Å². The van der Waals surface area contributed by atoms with Crippen molar-refractivity contribution in [2.24, 2.45) is 50.2 Å². The maximum absolute atomic E-state index is 12.6. The summed E-state index contributed by atoms with van der Waals surface area (Å²) in [5, 5.41) is 130. The summed E-state index contributed by atoms with van der Waals surface area (Å²) < 4.78 is 55.9. The second-order valence-corrected chi connectivity index (χ2v) is 25.8. The number of rotatable bonds is 11. The molecule has 1 spiro atoms. The molecule has 5 saturated heterocycles. The second kappa shape index (κ2) is 19.8. The average molecular weight is 1060 g/mol. The smallest absolute Gasteiger partial charge is 0.187 e. The quantitative estimate of drug-likeness (QED) is 0.0795. The molecular weight excluding hydrogens is 977 g/mol. The van der Waals surface area contributed by atoms with Gasteiger partial charge in [-0.25, -0.2) is 0 Å². The second-order valence-electron chi connectivity index (χ2n) is 25.8. The van der Waals surface area contributed by atoms with Crippen molar-refractivity contribution in [2.75, 3.05) is 33.0 Å². The molecule has 22 nitrogen and oxygen atoms in total. The fourth-order valence-electron chi connectivity index (χ4n) is 17.4. The number of aliphatic hydroxyl groups is 12. The number of fused-ring (bicyclic) bond motifs is 4. The van der Waals surface area contributed by atoms with Crippen LogP contribution in [0.5, 0.6) is 0 Å². The van der Waals surface area contributed by atoms with Crippen LogP contribution in [-0.4, -0.2) is 229 Å². The molecule has 0 unspecified atom stereocenters. The minimum Gasteiger partial charge on any atom is -0.394 e. The first-order valence-electron chi connectivity index (χ1n) is 27.1. The maximum Gasteiger partial charge on any atom is 0.187 e. The van der Waals surface area contributed by atoms with Crippen molar-refractivity contribution in [3.63, 3.8) is 0 Å². The molecule has 0 aromatic heterocycles. The highest BCUT2D eigenvalue weighted by Crippen LogP contribution is 2.80. The molecule has 2 bridgehead atoms. The highest BCUT2D eigenvalue weighted by molar-refractivity contribution is 5.59. The van der Waals surface area contributed by atoms with E-state index in [0.29, 0.717) is 25.9 Å². The van der Waals surface area contributed by atoms with Gasteiger partial charge in [-0.15, -0.1) is 0 Å². The zero-order chi connectivity index (χ0) is 53.5. The lowest BCUT2D eigenvalue weighted by atomic mass is 9.30. The summed E-state index contributed by atoms with van der Waals surface area (Å²) in [5.74, 6) is 0.456. The van der Waals surface area contributed by atoms with Gasteiger partial charge in [-0.2, -0.15) is 0 Å². The van der Waals surface area contributed by atoms with Crippen LogP contribution >= 0.6 is 0 Å². The van der Waals surface area contributed by atoms with Crippen molar-refractivity contribution < 1.29 is 109 Å². The highest BCUT2D eigenvalue weighted by Gasteiger charge is 2.80. The summed E-state index contributed by atoms with van der Waals surface area (Å²) in [6.07, 6.45) is -22.1. The molecule has 0 aromatic carbocycles. The normalized spacial score (nSPS) is 58.1. The minimum absolute atomic E-state index is 0.0727. The number of hydrogen-bond acceptors (Lipinski definition) is 22. The fraction of sp³-hybridized carbons (Fsp3) is 0.981. The van der Waals surface area contributed by atoms with Gasteiger partial charge in [0.25, 0.3) is 0 Å². The molecule has 10 rings (SSSR count). The molecule has 0 amide bonds. The van der Waals surface area contributed by atoms with Crippen LogP contribution < -0.4 is 0 Å². The van der Waals surface area contributed by atoms with Crippen molar-refractivity contribution in [3.8, 4) is 0 Å². The Morgan fingerprint density at radius 1 is 0.554 bits per heavy atom. The molecule has 0 aromatic rings. The van der Waals surface area contributed by atoms with Crippen molar-refractivity contribution in [2.45, 2.75) is 234 Å². The molecule has 12 N–H and O–H groups in total. The number of carbonyl (C=O) groups is 1. The molecule has 74 heavy (non-hydrogen) atoms. The van der Waals surface area contributed by atoms with Gasteiger partial charge < -0.3 is 109 Å². The molecule has 29 atom stereocenters. The number of hydrogen-bond donors (Lipinski definition) is 12. The fourth-order valence-corrected chi connectivity index (χ4v) is 17.4. The highest BCUT2D eigenvalue weighted by atomic mass is 16.8. The summed E-state index contributed by atoms with van der Waals surface area (Å²) in [7, 11) is 0. The monoisotopic (exact) mass is 1060 g/mol. The van der Waals surface area contributed by atoms with E-state index in [1.54, 1.807) is 0 Å². The van der Waals surface area contributed by atoms with Gasteiger partial charge in [-0.05, 0) is 98.2 Å². The van der Waals surface area contributed by atoms with Gasteiger partial charge in [0.1, 0.15) is 91.7 Å². The number of carbonyl (C=O) groups excluding carboxylic acids is 1. The third-order valence-corrected chi connectivity index (χ3v) is 22.0. The van der Waals surface area contributed by atoms with E-state index in [1.165, 1.54) is 0 Å². The van der Waals surface area contributed by atoms with E-state index in [2.05, 4.69) is 41.5 Å². The molecule has 424 valence electrons. The van der Waals surface area contributed by atoms with Crippen molar-refractivity contribution >= 4 is 6.29 Å². The van der Waals surface area contributed by atoms with Gasteiger partial charge in [0.15, 0.2) is 25.2 Å². The molecule has 5 aliphatic carbocycles. The predicted molar refractivity (Wildman–Crippen MR) is 251 cm³/mol. The molecule has 22 heteroatoms. The van der Waals surface area contributed by atoms with E-state index in [9.17, 15) is 66.1 Å². The topological polar surface area (TPSA) is 343 Å². The van der Waals surface area contributed by atoms with Crippen LogP contribution in [0, 0.1) is 50.2 Å². The first kappa shape index (κ1) is 56.1.